The van der Waals surface area contributed by atoms with Crippen molar-refractivity contribution in [1.29, 1.82) is 0 Å². The Kier molecular flexibility index (Phi) is 7.95. The number of anilines is 1. The van der Waals surface area contributed by atoms with Gasteiger partial charge in [0.2, 0.25) is 0 Å². The number of aryl methyl sites for hydroxylation is 2. The fraction of sp³-hybridized carbons (Fsp3) is 0.333. The average molecular weight is 546 g/mol. The highest BCUT2D eigenvalue weighted by atomic mass is 35.5. The Balaban J connectivity index is 1.58. The van der Waals surface area contributed by atoms with Gasteiger partial charge < -0.3 is 19.9 Å². The van der Waals surface area contributed by atoms with Crippen LogP contribution in [0.3, 0.4) is 0 Å². The Morgan fingerprint density at radius 2 is 1.97 bits per heavy atom. The molecule has 39 heavy (non-hydrogen) atoms. The molecule has 0 radical (unpaired) electrons. The Bertz CT molecular complexity index is 1550. The molecule has 202 valence electrons. The smallest absolute Gasteiger partial charge is 0.274 e. The maximum absolute atomic E-state index is 13.5. The van der Waals surface area contributed by atoms with Crippen molar-refractivity contribution in [2.24, 2.45) is 0 Å². The van der Waals surface area contributed by atoms with Crippen LogP contribution in [0.25, 0.3) is 22.0 Å². The minimum Gasteiger partial charge on any atom is -0.492 e. The van der Waals surface area contributed by atoms with E-state index < -0.39 is 5.91 Å². The second-order valence-corrected chi connectivity index (χ2v) is 10.6. The van der Waals surface area contributed by atoms with Crippen LogP contribution in [0.2, 0.25) is 5.02 Å². The third-order valence-corrected chi connectivity index (χ3v) is 7.56. The maximum Gasteiger partial charge on any atom is 0.274 e. The van der Waals surface area contributed by atoms with Crippen LogP contribution in [0, 0.1) is 13.8 Å². The highest BCUT2D eigenvalue weighted by molar-refractivity contribution is 6.34. The number of hydrogen-bond acceptors (Lipinski definition) is 6. The van der Waals surface area contributed by atoms with Crippen molar-refractivity contribution in [2.45, 2.75) is 45.6 Å². The third kappa shape index (κ3) is 5.97. The van der Waals surface area contributed by atoms with E-state index in [1.807, 2.05) is 26.0 Å². The first kappa shape index (κ1) is 26.8. The lowest BCUT2D eigenvalue weighted by molar-refractivity contribution is 0.102. The normalized spacial score (nSPS) is 15.8. The number of piperidine rings is 1. The molecule has 2 aromatic carbocycles. The molecule has 1 amide bonds. The van der Waals surface area contributed by atoms with Crippen LogP contribution in [0.4, 0.5) is 5.69 Å². The zero-order chi connectivity index (χ0) is 27.5. The van der Waals surface area contributed by atoms with Gasteiger partial charge in [0.25, 0.3) is 11.5 Å². The molecule has 1 unspecified atom stereocenters. The minimum absolute atomic E-state index is 0.214. The van der Waals surface area contributed by atoms with Crippen LogP contribution in [0.5, 0.6) is 5.75 Å². The number of fused-ring (bicyclic) bond motifs is 1. The van der Waals surface area contributed by atoms with E-state index in [4.69, 9.17) is 16.3 Å². The molecule has 1 aliphatic heterocycles. The van der Waals surface area contributed by atoms with Crippen molar-refractivity contribution >= 4 is 34.1 Å². The summed E-state index contributed by atoms with van der Waals surface area (Å²) in [7, 11) is 2.15. The van der Waals surface area contributed by atoms with Gasteiger partial charge in [0.15, 0.2) is 0 Å². The Labute approximate surface area is 232 Å². The summed E-state index contributed by atoms with van der Waals surface area (Å²) >= 11 is 6.54. The summed E-state index contributed by atoms with van der Waals surface area (Å²) in [6.07, 6.45) is 7.23. The number of halogens is 1. The number of H-pyrrole nitrogens is 1. The zero-order valence-electron chi connectivity index (χ0n) is 22.4. The standard InChI is InChI=1S/C30H32ClN5O3/c1-18-12-19(2)14-20(13-18)27-28(39-11-8-21-6-4-5-10-36(21)3)22-15-26(23(31)16-25(22)34-30(27)38)35-29(37)24-7-9-32-17-33-24/h7,9,12-17,21H,4-6,8,10-11H2,1-3H3,(H,34,38)(H,35,37). The van der Waals surface area contributed by atoms with E-state index in [0.29, 0.717) is 40.6 Å². The predicted molar refractivity (Wildman–Crippen MR) is 155 cm³/mol. The molecule has 0 bridgehead atoms. The molecule has 2 aromatic heterocycles. The summed E-state index contributed by atoms with van der Waals surface area (Å²) in [5.41, 5.74) is 4.22. The number of benzene rings is 2. The van der Waals surface area contributed by atoms with Crippen molar-refractivity contribution in [3.63, 3.8) is 0 Å². The van der Waals surface area contributed by atoms with Crippen molar-refractivity contribution in [1.82, 2.24) is 19.9 Å². The minimum atomic E-state index is -0.416. The topological polar surface area (TPSA) is 100 Å². The molecule has 1 fully saturated rings. The molecule has 3 heterocycles. The van der Waals surface area contributed by atoms with Gasteiger partial charge in [-0.2, -0.15) is 0 Å². The highest BCUT2D eigenvalue weighted by Crippen LogP contribution is 2.38. The second kappa shape index (κ2) is 11.6. The van der Waals surface area contributed by atoms with Crippen LogP contribution in [0.1, 0.15) is 47.3 Å². The molecule has 9 heteroatoms. The summed E-state index contributed by atoms with van der Waals surface area (Å²) in [5, 5.41) is 3.78. The molecular formula is C30H32ClN5O3. The fourth-order valence-electron chi connectivity index (χ4n) is 5.33. The lowest BCUT2D eigenvalue weighted by Gasteiger charge is -2.32. The van der Waals surface area contributed by atoms with Crippen LogP contribution >= 0.6 is 11.6 Å². The van der Waals surface area contributed by atoms with Crippen LogP contribution in [0.15, 0.2) is 53.7 Å². The lowest BCUT2D eigenvalue weighted by atomic mass is 9.98. The summed E-state index contributed by atoms with van der Waals surface area (Å²) in [4.78, 5) is 39.5. The molecule has 1 saturated heterocycles. The van der Waals surface area contributed by atoms with Crippen molar-refractivity contribution in [3.05, 3.63) is 81.1 Å². The number of ether oxygens (including phenoxy) is 1. The number of carbonyl (C=O) groups is 1. The van der Waals surface area contributed by atoms with Crippen molar-refractivity contribution in [3.8, 4) is 16.9 Å². The number of aromatic nitrogens is 3. The summed E-state index contributed by atoms with van der Waals surface area (Å²) in [6.45, 7) is 5.55. The summed E-state index contributed by atoms with van der Waals surface area (Å²) < 4.78 is 6.48. The van der Waals surface area contributed by atoms with Gasteiger partial charge in [-0.15, -0.1) is 0 Å². The first-order valence-corrected chi connectivity index (χ1v) is 13.6. The molecule has 5 rings (SSSR count). The van der Waals surface area contributed by atoms with Crippen LogP contribution in [-0.4, -0.2) is 52.0 Å². The molecule has 2 N–H and O–H groups in total. The van der Waals surface area contributed by atoms with Gasteiger partial charge in [0.1, 0.15) is 17.8 Å². The van der Waals surface area contributed by atoms with E-state index in [0.717, 1.165) is 36.1 Å². The molecule has 8 nitrogen and oxygen atoms in total. The molecular weight excluding hydrogens is 514 g/mol. The first-order chi connectivity index (χ1) is 18.8. The van der Waals surface area contributed by atoms with E-state index in [1.165, 1.54) is 31.4 Å². The Morgan fingerprint density at radius 1 is 1.18 bits per heavy atom. The van der Waals surface area contributed by atoms with Gasteiger partial charge in [-0.3, -0.25) is 9.59 Å². The van der Waals surface area contributed by atoms with Gasteiger partial charge in [-0.1, -0.05) is 47.3 Å². The molecule has 0 aliphatic carbocycles. The third-order valence-electron chi connectivity index (χ3n) is 7.25. The van der Waals surface area contributed by atoms with Gasteiger partial charge >= 0.3 is 0 Å². The lowest BCUT2D eigenvalue weighted by Crippen LogP contribution is -2.37. The number of carbonyl (C=O) groups excluding carboxylic acids is 1. The largest absolute Gasteiger partial charge is 0.492 e. The van der Waals surface area contributed by atoms with Gasteiger partial charge in [-0.05, 0) is 70.5 Å². The fourth-order valence-corrected chi connectivity index (χ4v) is 5.54. The van der Waals surface area contributed by atoms with Gasteiger partial charge in [-0.25, -0.2) is 9.97 Å². The number of likely N-dealkylation sites (tertiary alicyclic amines) is 1. The number of nitrogens with one attached hydrogen (secondary N) is 2. The number of amides is 1. The van der Waals surface area contributed by atoms with E-state index in [-0.39, 0.29) is 16.3 Å². The van der Waals surface area contributed by atoms with E-state index in [1.54, 1.807) is 12.1 Å². The SMILES string of the molecule is Cc1cc(C)cc(-c2c(OCCC3CCCCN3C)c3cc(NC(=O)c4ccncn4)c(Cl)cc3[nH]c2=O)c1. The Morgan fingerprint density at radius 3 is 2.69 bits per heavy atom. The number of hydrogen-bond donors (Lipinski definition) is 2. The predicted octanol–water partition coefficient (Wildman–Crippen LogP) is 5.76. The first-order valence-electron chi connectivity index (χ1n) is 13.2. The van der Waals surface area contributed by atoms with E-state index >= 15 is 0 Å². The van der Waals surface area contributed by atoms with Gasteiger partial charge in [0.05, 0.1) is 28.4 Å². The molecule has 1 aliphatic rings. The van der Waals surface area contributed by atoms with Crippen molar-refractivity contribution in [2.75, 3.05) is 25.5 Å². The zero-order valence-corrected chi connectivity index (χ0v) is 23.1. The van der Waals surface area contributed by atoms with Crippen LogP contribution < -0.4 is 15.6 Å². The Hall–Kier alpha value is -3.75. The number of rotatable bonds is 7. The van der Waals surface area contributed by atoms with E-state index in [9.17, 15) is 9.59 Å². The number of aromatic amines is 1. The molecule has 0 saturated carbocycles. The quantitative estimate of drug-likeness (QED) is 0.306. The van der Waals surface area contributed by atoms with Crippen molar-refractivity contribution < 1.29 is 9.53 Å². The number of nitrogens with zero attached hydrogens (tertiary/aromatic N) is 3. The average Bonchev–Trinajstić information content (AvgIpc) is 2.90. The molecule has 4 aromatic rings. The number of pyridine rings is 1. The van der Waals surface area contributed by atoms with E-state index in [2.05, 4.69) is 38.3 Å². The second-order valence-electron chi connectivity index (χ2n) is 10.2. The summed E-state index contributed by atoms with van der Waals surface area (Å²) in [5.74, 6) is 0.0619. The maximum atomic E-state index is 13.5. The highest BCUT2D eigenvalue weighted by Gasteiger charge is 2.22. The monoisotopic (exact) mass is 545 g/mol. The van der Waals surface area contributed by atoms with Crippen LogP contribution in [-0.2, 0) is 0 Å². The summed E-state index contributed by atoms with van der Waals surface area (Å²) in [6, 6.07) is 11.4. The van der Waals surface area contributed by atoms with Gasteiger partial charge in [0, 0.05) is 17.6 Å². The molecule has 0 spiro atoms. The molecule has 1 atom stereocenters.